The van der Waals surface area contributed by atoms with Crippen LogP contribution in [0.5, 0.6) is 0 Å². The minimum absolute atomic E-state index is 0.352. The maximum atomic E-state index is 6.12. The summed E-state index contributed by atoms with van der Waals surface area (Å²) in [6.45, 7) is 7.52. The largest absolute Gasteiger partial charge is 0.330 e. The van der Waals surface area contributed by atoms with Gasteiger partial charge in [0, 0.05) is 13.1 Å². The summed E-state index contributed by atoms with van der Waals surface area (Å²) < 4.78 is 0. The van der Waals surface area contributed by atoms with E-state index in [2.05, 4.69) is 50.1 Å². The molecule has 1 aromatic carbocycles. The Bertz CT molecular complexity index is 419. The number of nitrogens with zero attached hydrogens (tertiary/aromatic N) is 1. The van der Waals surface area contributed by atoms with Crippen molar-refractivity contribution in [3.8, 4) is 0 Å². The lowest BCUT2D eigenvalue weighted by atomic mass is 9.70. The Kier molecular flexibility index (Phi) is 5.22. The average molecular weight is 274 g/mol. The van der Waals surface area contributed by atoms with Crippen LogP contribution in [0.1, 0.15) is 43.7 Å². The average Bonchev–Trinajstić information content (AvgIpc) is 2.41. The molecule has 0 aromatic heterocycles. The van der Waals surface area contributed by atoms with Gasteiger partial charge in [0.1, 0.15) is 0 Å². The van der Waals surface area contributed by atoms with E-state index in [1.165, 1.54) is 36.8 Å². The smallest absolute Gasteiger partial charge is 0.0231 e. The van der Waals surface area contributed by atoms with Gasteiger partial charge in [-0.25, -0.2) is 0 Å². The number of rotatable bonds is 5. The topological polar surface area (TPSA) is 29.3 Å². The van der Waals surface area contributed by atoms with Crippen LogP contribution in [0.4, 0.5) is 0 Å². The lowest BCUT2D eigenvalue weighted by molar-refractivity contribution is 0.105. The van der Waals surface area contributed by atoms with Gasteiger partial charge in [0.2, 0.25) is 0 Å². The molecule has 0 bridgehead atoms. The Morgan fingerprint density at radius 2 is 2.00 bits per heavy atom. The Morgan fingerprint density at radius 3 is 2.60 bits per heavy atom. The van der Waals surface area contributed by atoms with Crippen LogP contribution in [0.15, 0.2) is 24.3 Å². The number of aryl methyl sites for hydroxylation is 1. The third-order valence-electron chi connectivity index (χ3n) is 4.91. The normalized spacial score (nSPS) is 26.9. The number of benzene rings is 1. The molecular formula is C18H30N2. The van der Waals surface area contributed by atoms with E-state index < -0.39 is 0 Å². The molecule has 0 aliphatic heterocycles. The summed E-state index contributed by atoms with van der Waals surface area (Å²) in [7, 11) is 2.23. The van der Waals surface area contributed by atoms with E-state index >= 15 is 0 Å². The molecular weight excluding hydrogens is 244 g/mol. The van der Waals surface area contributed by atoms with Crippen LogP contribution in [0.25, 0.3) is 0 Å². The standard InChI is InChI=1S/C18H30N2/c1-15-7-9-18(13-19,10-8-15)14-20(3)12-17-6-4-5-16(2)11-17/h4-6,11,15H,7-10,12-14,19H2,1-3H3. The van der Waals surface area contributed by atoms with Gasteiger partial charge in [-0.1, -0.05) is 49.6 Å². The molecule has 1 aromatic rings. The van der Waals surface area contributed by atoms with Gasteiger partial charge in [0.25, 0.3) is 0 Å². The van der Waals surface area contributed by atoms with E-state index in [9.17, 15) is 0 Å². The van der Waals surface area contributed by atoms with Crippen molar-refractivity contribution in [2.45, 2.75) is 46.1 Å². The fourth-order valence-electron chi connectivity index (χ4n) is 3.55. The summed E-state index contributed by atoms with van der Waals surface area (Å²) in [5.41, 5.74) is 9.22. The molecule has 0 radical (unpaired) electrons. The molecule has 112 valence electrons. The molecule has 2 heteroatoms. The lowest BCUT2D eigenvalue weighted by Gasteiger charge is -2.41. The number of nitrogens with two attached hydrogens (primary N) is 1. The molecule has 1 aliphatic carbocycles. The first-order chi connectivity index (χ1) is 9.53. The third-order valence-corrected chi connectivity index (χ3v) is 4.91. The van der Waals surface area contributed by atoms with E-state index in [0.29, 0.717) is 5.41 Å². The van der Waals surface area contributed by atoms with E-state index in [-0.39, 0.29) is 0 Å². The summed E-state index contributed by atoms with van der Waals surface area (Å²) in [6, 6.07) is 8.82. The van der Waals surface area contributed by atoms with Crippen LogP contribution < -0.4 is 5.73 Å². The third kappa shape index (κ3) is 4.07. The van der Waals surface area contributed by atoms with Crippen molar-refractivity contribution in [2.24, 2.45) is 17.1 Å². The van der Waals surface area contributed by atoms with Crippen LogP contribution in [-0.4, -0.2) is 25.0 Å². The van der Waals surface area contributed by atoms with Gasteiger partial charge < -0.3 is 10.6 Å². The monoisotopic (exact) mass is 274 g/mol. The second-order valence-electron chi connectivity index (χ2n) is 7.05. The first kappa shape index (κ1) is 15.5. The summed E-state index contributed by atoms with van der Waals surface area (Å²) in [4.78, 5) is 2.46. The van der Waals surface area contributed by atoms with Crippen LogP contribution >= 0.6 is 0 Å². The number of hydrogen-bond acceptors (Lipinski definition) is 2. The van der Waals surface area contributed by atoms with Gasteiger partial charge in [-0.2, -0.15) is 0 Å². The minimum atomic E-state index is 0.352. The quantitative estimate of drug-likeness (QED) is 0.889. The van der Waals surface area contributed by atoms with Crippen LogP contribution in [0.2, 0.25) is 0 Å². The summed E-state index contributed by atoms with van der Waals surface area (Å²) in [5, 5.41) is 0. The highest BCUT2D eigenvalue weighted by atomic mass is 15.1. The van der Waals surface area contributed by atoms with Crippen LogP contribution in [-0.2, 0) is 6.54 Å². The number of hydrogen-bond donors (Lipinski definition) is 1. The van der Waals surface area contributed by atoms with Crippen LogP contribution in [0, 0.1) is 18.3 Å². The zero-order valence-corrected chi connectivity index (χ0v) is 13.4. The Morgan fingerprint density at radius 1 is 1.30 bits per heavy atom. The highest BCUT2D eigenvalue weighted by Crippen LogP contribution is 2.38. The molecule has 0 atom stereocenters. The zero-order valence-electron chi connectivity index (χ0n) is 13.4. The molecule has 2 N–H and O–H groups in total. The SMILES string of the molecule is Cc1cccc(CN(C)CC2(CN)CCC(C)CC2)c1. The first-order valence-corrected chi connectivity index (χ1v) is 7.97. The van der Waals surface area contributed by atoms with Crippen molar-refractivity contribution in [3.63, 3.8) is 0 Å². The predicted molar refractivity (Wildman–Crippen MR) is 86.6 cm³/mol. The highest BCUT2D eigenvalue weighted by molar-refractivity contribution is 5.22. The predicted octanol–water partition coefficient (Wildman–Crippen LogP) is 3.58. The van der Waals surface area contributed by atoms with Crippen molar-refractivity contribution in [1.82, 2.24) is 4.90 Å². The Hall–Kier alpha value is -0.860. The molecule has 20 heavy (non-hydrogen) atoms. The second-order valence-corrected chi connectivity index (χ2v) is 7.05. The fourth-order valence-corrected chi connectivity index (χ4v) is 3.55. The van der Waals surface area contributed by atoms with Crippen molar-refractivity contribution < 1.29 is 0 Å². The van der Waals surface area contributed by atoms with Crippen molar-refractivity contribution in [3.05, 3.63) is 35.4 Å². The minimum Gasteiger partial charge on any atom is -0.330 e. The molecule has 0 heterocycles. The summed E-state index contributed by atoms with van der Waals surface area (Å²) in [5.74, 6) is 0.886. The molecule has 0 amide bonds. The lowest BCUT2D eigenvalue weighted by Crippen LogP contribution is -2.43. The van der Waals surface area contributed by atoms with E-state index in [1.54, 1.807) is 0 Å². The first-order valence-electron chi connectivity index (χ1n) is 7.97. The second kappa shape index (κ2) is 6.73. The molecule has 2 nitrogen and oxygen atoms in total. The van der Waals surface area contributed by atoms with Crippen LogP contribution in [0.3, 0.4) is 0 Å². The van der Waals surface area contributed by atoms with Crippen molar-refractivity contribution >= 4 is 0 Å². The Labute approximate surface area is 124 Å². The highest BCUT2D eigenvalue weighted by Gasteiger charge is 2.33. The van der Waals surface area contributed by atoms with Crippen molar-refractivity contribution in [2.75, 3.05) is 20.1 Å². The maximum absolute atomic E-state index is 6.12. The Balaban J connectivity index is 1.94. The van der Waals surface area contributed by atoms with E-state index in [4.69, 9.17) is 5.73 Å². The van der Waals surface area contributed by atoms with E-state index in [0.717, 1.165) is 25.6 Å². The maximum Gasteiger partial charge on any atom is 0.0231 e. The fraction of sp³-hybridized carbons (Fsp3) is 0.667. The molecule has 1 fully saturated rings. The molecule has 1 aliphatic rings. The summed E-state index contributed by atoms with van der Waals surface area (Å²) >= 11 is 0. The van der Waals surface area contributed by atoms with Crippen molar-refractivity contribution in [1.29, 1.82) is 0 Å². The molecule has 1 saturated carbocycles. The van der Waals surface area contributed by atoms with Gasteiger partial charge in [-0.15, -0.1) is 0 Å². The van der Waals surface area contributed by atoms with Gasteiger partial charge in [-0.3, -0.25) is 0 Å². The molecule has 2 rings (SSSR count). The van der Waals surface area contributed by atoms with Gasteiger partial charge in [-0.05, 0) is 50.3 Å². The molecule has 0 spiro atoms. The van der Waals surface area contributed by atoms with Gasteiger partial charge in [0.05, 0.1) is 0 Å². The summed E-state index contributed by atoms with van der Waals surface area (Å²) in [6.07, 6.45) is 5.27. The molecule has 0 unspecified atom stereocenters. The van der Waals surface area contributed by atoms with Gasteiger partial charge in [0.15, 0.2) is 0 Å². The van der Waals surface area contributed by atoms with E-state index in [1.807, 2.05) is 0 Å². The van der Waals surface area contributed by atoms with Gasteiger partial charge >= 0.3 is 0 Å². The zero-order chi connectivity index (χ0) is 14.6. The molecule has 0 saturated heterocycles.